The summed E-state index contributed by atoms with van der Waals surface area (Å²) in [5, 5.41) is 5.21. The first-order valence-electron chi connectivity index (χ1n) is 11.0. The van der Waals surface area contributed by atoms with Gasteiger partial charge in [-0.1, -0.05) is 31.4 Å². The molecule has 1 aliphatic carbocycles. The number of thiophene rings is 1. The SMILES string of the molecule is Cc1cccc(N(C(=O)c2cnccn2)[C@@H](C(=O)NC2CCCCC2)c2sccc2C)c1. The fraction of sp³-hybridized carbons (Fsp3) is 0.360. The molecule has 1 N–H and O–H groups in total. The number of nitrogens with one attached hydrogen (secondary N) is 1. The summed E-state index contributed by atoms with van der Waals surface area (Å²) in [6, 6.07) is 9.02. The normalized spacial score (nSPS) is 15.2. The number of aryl methyl sites for hydroxylation is 2. The molecule has 2 amide bonds. The average Bonchev–Trinajstić information content (AvgIpc) is 3.23. The number of carbonyl (C=O) groups is 2. The highest BCUT2D eigenvalue weighted by atomic mass is 32.1. The van der Waals surface area contributed by atoms with Gasteiger partial charge in [-0.25, -0.2) is 4.98 Å². The lowest BCUT2D eigenvalue weighted by Crippen LogP contribution is -2.47. The van der Waals surface area contributed by atoms with Crippen molar-refractivity contribution >= 4 is 28.8 Å². The molecule has 0 saturated heterocycles. The molecule has 1 atom stereocenters. The Hall–Kier alpha value is -3.06. The molecule has 2 aromatic heterocycles. The van der Waals surface area contributed by atoms with Gasteiger partial charge < -0.3 is 5.32 Å². The largest absolute Gasteiger partial charge is 0.351 e. The Morgan fingerprint density at radius 2 is 1.94 bits per heavy atom. The molecule has 0 spiro atoms. The van der Waals surface area contributed by atoms with Crippen molar-refractivity contribution in [1.82, 2.24) is 15.3 Å². The summed E-state index contributed by atoms with van der Waals surface area (Å²) in [4.78, 5) is 38.2. The summed E-state index contributed by atoms with van der Waals surface area (Å²) >= 11 is 1.50. The third-order valence-corrected chi connectivity index (χ3v) is 6.96. The van der Waals surface area contributed by atoms with E-state index in [1.54, 1.807) is 4.90 Å². The van der Waals surface area contributed by atoms with E-state index in [1.807, 2.05) is 49.6 Å². The van der Waals surface area contributed by atoms with E-state index < -0.39 is 6.04 Å². The molecule has 0 aliphatic heterocycles. The average molecular weight is 449 g/mol. The highest BCUT2D eigenvalue weighted by Gasteiger charge is 2.36. The lowest BCUT2D eigenvalue weighted by atomic mass is 9.95. The van der Waals surface area contributed by atoms with Gasteiger partial charge in [-0.3, -0.25) is 19.5 Å². The first kappa shape index (κ1) is 22.1. The number of carbonyl (C=O) groups excluding carboxylic acids is 2. The Labute approximate surface area is 192 Å². The Morgan fingerprint density at radius 3 is 2.59 bits per heavy atom. The van der Waals surface area contributed by atoms with Gasteiger partial charge in [0.1, 0.15) is 5.69 Å². The second-order valence-corrected chi connectivity index (χ2v) is 9.27. The number of hydrogen-bond acceptors (Lipinski definition) is 5. The van der Waals surface area contributed by atoms with E-state index in [0.717, 1.165) is 41.7 Å². The molecule has 1 fully saturated rings. The topological polar surface area (TPSA) is 75.2 Å². The predicted octanol–water partition coefficient (Wildman–Crippen LogP) is 4.99. The number of anilines is 1. The number of benzene rings is 1. The summed E-state index contributed by atoms with van der Waals surface area (Å²) in [7, 11) is 0. The third-order valence-electron chi connectivity index (χ3n) is 5.89. The van der Waals surface area contributed by atoms with E-state index in [9.17, 15) is 9.59 Å². The zero-order chi connectivity index (χ0) is 22.5. The van der Waals surface area contributed by atoms with Crippen molar-refractivity contribution < 1.29 is 9.59 Å². The Balaban J connectivity index is 1.79. The lowest BCUT2D eigenvalue weighted by molar-refractivity contribution is -0.123. The molecule has 4 rings (SSSR count). The van der Waals surface area contributed by atoms with E-state index in [0.29, 0.717) is 5.69 Å². The van der Waals surface area contributed by atoms with Gasteiger partial charge in [-0.15, -0.1) is 11.3 Å². The fourth-order valence-corrected chi connectivity index (χ4v) is 5.25. The Morgan fingerprint density at radius 1 is 1.12 bits per heavy atom. The van der Waals surface area contributed by atoms with Crippen molar-refractivity contribution in [3.63, 3.8) is 0 Å². The van der Waals surface area contributed by atoms with Crippen molar-refractivity contribution in [2.24, 2.45) is 0 Å². The molecule has 0 bridgehead atoms. The first-order chi connectivity index (χ1) is 15.5. The quantitative estimate of drug-likeness (QED) is 0.576. The number of rotatable bonds is 6. The molecule has 1 aromatic carbocycles. The minimum Gasteiger partial charge on any atom is -0.351 e. The summed E-state index contributed by atoms with van der Waals surface area (Å²) in [6.45, 7) is 3.95. The molecule has 0 radical (unpaired) electrons. The minimum atomic E-state index is -0.784. The number of nitrogens with zero attached hydrogens (tertiary/aromatic N) is 3. The maximum absolute atomic E-state index is 13.8. The fourth-order valence-electron chi connectivity index (χ4n) is 4.24. The number of amides is 2. The molecule has 3 aromatic rings. The van der Waals surface area contributed by atoms with Crippen LogP contribution in [0.2, 0.25) is 0 Å². The van der Waals surface area contributed by atoms with Crippen molar-refractivity contribution in [3.8, 4) is 0 Å². The smallest absolute Gasteiger partial charge is 0.279 e. The van der Waals surface area contributed by atoms with Crippen molar-refractivity contribution in [2.75, 3.05) is 4.90 Å². The molecule has 2 heterocycles. The van der Waals surface area contributed by atoms with Crippen LogP contribution in [0.5, 0.6) is 0 Å². The Kier molecular flexibility index (Phi) is 6.95. The molecule has 166 valence electrons. The van der Waals surface area contributed by atoms with Crippen LogP contribution in [0.25, 0.3) is 0 Å². The molecule has 1 aliphatic rings. The van der Waals surface area contributed by atoms with Crippen LogP contribution >= 0.6 is 11.3 Å². The minimum absolute atomic E-state index is 0.144. The van der Waals surface area contributed by atoms with E-state index in [4.69, 9.17) is 0 Å². The van der Waals surface area contributed by atoms with Gasteiger partial charge in [-0.05, 0) is 61.4 Å². The van der Waals surface area contributed by atoms with Crippen molar-refractivity contribution in [1.29, 1.82) is 0 Å². The summed E-state index contributed by atoms with van der Waals surface area (Å²) in [5.41, 5.74) is 2.87. The van der Waals surface area contributed by atoms with E-state index >= 15 is 0 Å². The van der Waals surface area contributed by atoms with Gasteiger partial charge in [-0.2, -0.15) is 0 Å². The van der Waals surface area contributed by atoms with Gasteiger partial charge in [0.15, 0.2) is 6.04 Å². The number of aromatic nitrogens is 2. The highest BCUT2D eigenvalue weighted by Crippen LogP contribution is 2.35. The molecule has 0 unspecified atom stereocenters. The highest BCUT2D eigenvalue weighted by molar-refractivity contribution is 7.10. The van der Waals surface area contributed by atoms with Crippen LogP contribution in [0.4, 0.5) is 5.69 Å². The molecule has 1 saturated carbocycles. The van der Waals surface area contributed by atoms with Crippen LogP contribution in [0.15, 0.2) is 54.3 Å². The lowest BCUT2D eigenvalue weighted by Gasteiger charge is -2.33. The molecule has 7 heteroatoms. The standard InChI is InChI=1S/C25H28N4O2S/c1-17-7-6-10-20(15-17)29(25(31)21-16-26-12-13-27-21)22(23-18(2)11-14-32-23)24(30)28-19-8-4-3-5-9-19/h6-7,10-16,19,22H,3-5,8-9H2,1-2H3,(H,28,30)/t22-/m1/s1. The second kappa shape index (κ2) is 10.0. The van der Waals surface area contributed by atoms with Gasteiger partial charge in [0.2, 0.25) is 5.91 Å². The zero-order valence-corrected chi connectivity index (χ0v) is 19.3. The Bertz CT molecular complexity index is 1080. The van der Waals surface area contributed by atoms with Crippen LogP contribution in [-0.2, 0) is 4.79 Å². The second-order valence-electron chi connectivity index (χ2n) is 8.32. The van der Waals surface area contributed by atoms with Gasteiger partial charge in [0, 0.05) is 29.0 Å². The molecule has 32 heavy (non-hydrogen) atoms. The van der Waals surface area contributed by atoms with E-state index in [1.165, 1.54) is 36.3 Å². The van der Waals surface area contributed by atoms with Gasteiger partial charge >= 0.3 is 0 Å². The van der Waals surface area contributed by atoms with Crippen molar-refractivity contribution in [2.45, 2.75) is 58.0 Å². The summed E-state index contributed by atoms with van der Waals surface area (Å²) in [5.74, 6) is -0.499. The molecular formula is C25H28N4O2S. The van der Waals surface area contributed by atoms with Crippen LogP contribution in [-0.4, -0.2) is 27.8 Å². The van der Waals surface area contributed by atoms with Crippen molar-refractivity contribution in [3.05, 3.63) is 76.0 Å². The molecule has 6 nitrogen and oxygen atoms in total. The predicted molar refractivity (Wildman–Crippen MR) is 127 cm³/mol. The van der Waals surface area contributed by atoms with Crippen LogP contribution < -0.4 is 10.2 Å². The van der Waals surface area contributed by atoms with Crippen LogP contribution in [0.3, 0.4) is 0 Å². The third kappa shape index (κ3) is 4.88. The van der Waals surface area contributed by atoms with Gasteiger partial charge in [0.25, 0.3) is 5.91 Å². The zero-order valence-electron chi connectivity index (χ0n) is 18.5. The van der Waals surface area contributed by atoms with Crippen LogP contribution in [0, 0.1) is 13.8 Å². The van der Waals surface area contributed by atoms with Gasteiger partial charge in [0.05, 0.1) is 6.20 Å². The maximum atomic E-state index is 13.8. The monoisotopic (exact) mass is 448 g/mol. The van der Waals surface area contributed by atoms with Crippen LogP contribution in [0.1, 0.15) is 64.6 Å². The summed E-state index contributed by atoms with van der Waals surface area (Å²) in [6.07, 6.45) is 9.87. The number of hydrogen-bond donors (Lipinski definition) is 1. The first-order valence-corrected chi connectivity index (χ1v) is 11.9. The molecular weight excluding hydrogens is 420 g/mol. The van der Waals surface area contributed by atoms with E-state index in [-0.39, 0.29) is 23.6 Å². The maximum Gasteiger partial charge on any atom is 0.279 e. The summed E-state index contributed by atoms with van der Waals surface area (Å²) < 4.78 is 0. The van der Waals surface area contributed by atoms with E-state index in [2.05, 4.69) is 15.3 Å².